The number of anilines is 1. The molecule has 0 atom stereocenters. The molecule has 0 aliphatic carbocycles. The van der Waals surface area contributed by atoms with Gasteiger partial charge in [0.25, 0.3) is 5.91 Å². The maximum absolute atomic E-state index is 11.1. The number of primary amides is 1. The number of carbonyl (C=O) groups is 1. The Balaban J connectivity index is 2.44. The molecule has 0 spiro atoms. The Labute approximate surface area is 94.7 Å². The number of aromatic nitrogens is 1. The van der Waals surface area contributed by atoms with Crippen LogP contribution in [0.15, 0.2) is 18.3 Å². The van der Waals surface area contributed by atoms with Gasteiger partial charge < -0.3 is 16.2 Å². The summed E-state index contributed by atoms with van der Waals surface area (Å²) >= 11 is 0. The highest BCUT2D eigenvalue weighted by Crippen LogP contribution is 2.10. The van der Waals surface area contributed by atoms with Crippen LogP contribution in [0.5, 0.6) is 0 Å². The van der Waals surface area contributed by atoms with Crippen molar-refractivity contribution in [2.24, 2.45) is 5.73 Å². The number of unbranched alkanes of at least 4 members (excludes halogenated alkanes) is 2. The van der Waals surface area contributed by atoms with Gasteiger partial charge in [0.2, 0.25) is 0 Å². The van der Waals surface area contributed by atoms with Crippen LogP contribution in [0.1, 0.15) is 29.6 Å². The molecule has 88 valence electrons. The van der Waals surface area contributed by atoms with Crippen LogP contribution in [-0.4, -0.2) is 29.1 Å². The fraction of sp³-hybridized carbons (Fsp3) is 0.455. The molecular formula is C11H17N3O2. The third kappa shape index (κ3) is 3.86. The summed E-state index contributed by atoms with van der Waals surface area (Å²) in [6.45, 7) is 0.938. The van der Waals surface area contributed by atoms with E-state index in [9.17, 15) is 4.79 Å². The largest absolute Gasteiger partial charge is 0.396 e. The van der Waals surface area contributed by atoms with Crippen molar-refractivity contribution in [1.29, 1.82) is 0 Å². The van der Waals surface area contributed by atoms with Crippen LogP contribution in [0.2, 0.25) is 0 Å². The first-order chi connectivity index (χ1) is 7.75. The van der Waals surface area contributed by atoms with E-state index in [1.165, 1.54) is 0 Å². The number of nitrogens with two attached hydrogens (primary N) is 1. The number of amides is 1. The molecule has 4 N–H and O–H groups in total. The molecule has 1 aromatic rings. The van der Waals surface area contributed by atoms with E-state index in [-0.39, 0.29) is 6.61 Å². The Morgan fingerprint density at radius 2 is 2.25 bits per heavy atom. The van der Waals surface area contributed by atoms with Gasteiger partial charge in [-0.25, -0.2) is 4.98 Å². The van der Waals surface area contributed by atoms with Gasteiger partial charge in [-0.1, -0.05) is 0 Å². The van der Waals surface area contributed by atoms with Crippen LogP contribution in [-0.2, 0) is 0 Å². The van der Waals surface area contributed by atoms with Crippen LogP contribution >= 0.6 is 0 Å². The Bertz CT molecular complexity index is 342. The van der Waals surface area contributed by atoms with E-state index in [1.54, 1.807) is 18.3 Å². The van der Waals surface area contributed by atoms with E-state index in [0.717, 1.165) is 25.8 Å². The lowest BCUT2D eigenvalue weighted by atomic mass is 10.2. The third-order valence-corrected chi connectivity index (χ3v) is 2.20. The highest BCUT2D eigenvalue weighted by Gasteiger charge is 2.07. The highest BCUT2D eigenvalue weighted by molar-refractivity contribution is 5.97. The molecule has 16 heavy (non-hydrogen) atoms. The average Bonchev–Trinajstić information content (AvgIpc) is 2.29. The predicted molar refractivity (Wildman–Crippen MR) is 62.2 cm³/mol. The molecule has 5 nitrogen and oxygen atoms in total. The van der Waals surface area contributed by atoms with Crippen LogP contribution in [0.25, 0.3) is 0 Å². The van der Waals surface area contributed by atoms with Gasteiger partial charge >= 0.3 is 0 Å². The van der Waals surface area contributed by atoms with Gasteiger partial charge in [-0.15, -0.1) is 0 Å². The number of hydrogen-bond donors (Lipinski definition) is 3. The smallest absolute Gasteiger partial charge is 0.252 e. The second-order valence-electron chi connectivity index (χ2n) is 3.47. The Morgan fingerprint density at radius 1 is 1.44 bits per heavy atom. The van der Waals surface area contributed by atoms with Gasteiger partial charge in [0, 0.05) is 19.3 Å². The first kappa shape index (κ1) is 12.4. The molecule has 0 aromatic carbocycles. The summed E-state index contributed by atoms with van der Waals surface area (Å²) in [4.78, 5) is 15.1. The number of pyridine rings is 1. The van der Waals surface area contributed by atoms with E-state index >= 15 is 0 Å². The van der Waals surface area contributed by atoms with E-state index < -0.39 is 5.91 Å². The van der Waals surface area contributed by atoms with Gasteiger partial charge in [0.05, 0.1) is 5.56 Å². The topological polar surface area (TPSA) is 88.2 Å². The summed E-state index contributed by atoms with van der Waals surface area (Å²) < 4.78 is 0. The third-order valence-electron chi connectivity index (χ3n) is 2.20. The summed E-state index contributed by atoms with van der Waals surface area (Å²) in [5, 5.41) is 11.7. The standard InChI is InChI=1S/C11H17N3O2/c12-10(16)9-5-4-7-14-11(9)13-6-2-1-3-8-15/h4-5,7,15H,1-3,6,8H2,(H2,12,16)(H,13,14). The van der Waals surface area contributed by atoms with Gasteiger partial charge in [-0.05, 0) is 31.4 Å². The lowest BCUT2D eigenvalue weighted by molar-refractivity contribution is 0.100. The summed E-state index contributed by atoms with van der Waals surface area (Å²) in [6, 6.07) is 3.32. The molecule has 1 aromatic heterocycles. The number of hydrogen-bond acceptors (Lipinski definition) is 4. The number of nitrogens with zero attached hydrogens (tertiary/aromatic N) is 1. The normalized spacial score (nSPS) is 10.1. The summed E-state index contributed by atoms with van der Waals surface area (Å²) in [7, 11) is 0. The summed E-state index contributed by atoms with van der Waals surface area (Å²) in [6.07, 6.45) is 4.28. The van der Waals surface area contributed by atoms with Gasteiger partial charge in [-0.2, -0.15) is 0 Å². The number of carbonyl (C=O) groups excluding carboxylic acids is 1. The molecule has 0 aliphatic heterocycles. The van der Waals surface area contributed by atoms with Crippen molar-refractivity contribution in [3.05, 3.63) is 23.9 Å². The minimum absolute atomic E-state index is 0.218. The lowest BCUT2D eigenvalue weighted by Crippen LogP contribution is -2.15. The summed E-state index contributed by atoms with van der Waals surface area (Å²) in [5.41, 5.74) is 5.62. The second kappa shape index (κ2) is 6.79. The minimum atomic E-state index is -0.481. The fourth-order valence-electron chi connectivity index (χ4n) is 1.37. The van der Waals surface area contributed by atoms with E-state index in [2.05, 4.69) is 10.3 Å². The Morgan fingerprint density at radius 3 is 2.94 bits per heavy atom. The van der Waals surface area contributed by atoms with Crippen molar-refractivity contribution in [1.82, 2.24) is 4.98 Å². The maximum Gasteiger partial charge on any atom is 0.252 e. The van der Waals surface area contributed by atoms with Crippen molar-refractivity contribution in [3.8, 4) is 0 Å². The van der Waals surface area contributed by atoms with Crippen LogP contribution in [0, 0.1) is 0 Å². The molecule has 0 saturated heterocycles. The minimum Gasteiger partial charge on any atom is -0.396 e. The average molecular weight is 223 g/mol. The zero-order valence-electron chi connectivity index (χ0n) is 9.15. The molecule has 0 bridgehead atoms. The van der Waals surface area contributed by atoms with Crippen LogP contribution in [0.4, 0.5) is 5.82 Å². The number of aliphatic hydroxyl groups excluding tert-OH is 1. The molecular weight excluding hydrogens is 206 g/mol. The number of nitrogens with one attached hydrogen (secondary N) is 1. The predicted octanol–water partition coefficient (Wildman–Crippen LogP) is 0.755. The van der Waals surface area contributed by atoms with Gasteiger partial charge in [0.1, 0.15) is 5.82 Å². The maximum atomic E-state index is 11.1. The second-order valence-corrected chi connectivity index (χ2v) is 3.47. The van der Waals surface area contributed by atoms with Crippen molar-refractivity contribution in [2.45, 2.75) is 19.3 Å². The molecule has 0 aliphatic rings. The van der Waals surface area contributed by atoms with E-state index in [0.29, 0.717) is 11.4 Å². The van der Waals surface area contributed by atoms with Crippen molar-refractivity contribution >= 4 is 11.7 Å². The van der Waals surface area contributed by atoms with Crippen LogP contribution in [0.3, 0.4) is 0 Å². The lowest BCUT2D eigenvalue weighted by Gasteiger charge is -2.07. The number of aliphatic hydroxyl groups is 1. The molecule has 0 unspecified atom stereocenters. The zero-order chi connectivity index (χ0) is 11.8. The quantitative estimate of drug-likeness (QED) is 0.595. The Hall–Kier alpha value is -1.62. The van der Waals surface area contributed by atoms with E-state index in [1.807, 2.05) is 0 Å². The van der Waals surface area contributed by atoms with Gasteiger partial charge in [0.15, 0.2) is 0 Å². The molecule has 0 saturated carbocycles. The monoisotopic (exact) mass is 223 g/mol. The molecule has 0 fully saturated rings. The zero-order valence-corrected chi connectivity index (χ0v) is 9.15. The van der Waals surface area contributed by atoms with E-state index in [4.69, 9.17) is 10.8 Å². The fourth-order valence-corrected chi connectivity index (χ4v) is 1.37. The summed E-state index contributed by atoms with van der Waals surface area (Å²) in [5.74, 6) is 0.0463. The van der Waals surface area contributed by atoms with Crippen molar-refractivity contribution < 1.29 is 9.90 Å². The van der Waals surface area contributed by atoms with Crippen molar-refractivity contribution in [2.75, 3.05) is 18.5 Å². The molecule has 1 heterocycles. The number of rotatable bonds is 7. The highest BCUT2D eigenvalue weighted by atomic mass is 16.2. The van der Waals surface area contributed by atoms with Gasteiger partial charge in [-0.3, -0.25) is 4.79 Å². The first-order valence-corrected chi connectivity index (χ1v) is 5.35. The molecule has 1 rings (SSSR count). The Kier molecular flexibility index (Phi) is 5.28. The SMILES string of the molecule is NC(=O)c1cccnc1NCCCCCO. The molecule has 5 heteroatoms. The van der Waals surface area contributed by atoms with Crippen molar-refractivity contribution in [3.63, 3.8) is 0 Å². The molecule has 1 amide bonds. The first-order valence-electron chi connectivity index (χ1n) is 5.35. The van der Waals surface area contributed by atoms with Crippen LogP contribution < -0.4 is 11.1 Å². The molecule has 0 radical (unpaired) electrons.